The second-order valence-corrected chi connectivity index (χ2v) is 5.40. The first-order chi connectivity index (χ1) is 9.10. The highest BCUT2D eigenvalue weighted by Gasteiger charge is 2.25. The van der Waals surface area contributed by atoms with Crippen LogP contribution in [-0.2, 0) is 6.42 Å². The van der Waals surface area contributed by atoms with Crippen molar-refractivity contribution in [2.75, 3.05) is 0 Å². The number of aromatic nitrogens is 1. The van der Waals surface area contributed by atoms with E-state index >= 15 is 0 Å². The molecule has 0 spiro atoms. The summed E-state index contributed by atoms with van der Waals surface area (Å²) in [6, 6.07) is 4.08. The molecule has 0 radical (unpaired) electrons. The van der Waals surface area contributed by atoms with Crippen molar-refractivity contribution in [2.24, 2.45) is 0 Å². The predicted octanol–water partition coefficient (Wildman–Crippen LogP) is 4.33. The molecule has 1 unspecified atom stereocenters. The SMILES string of the molecule is CCC1Cc2cc(-c3c(C)noc3C)cc(Cl)c2O1. The Labute approximate surface area is 117 Å². The molecule has 100 valence electrons. The van der Waals surface area contributed by atoms with E-state index in [1.54, 1.807) is 0 Å². The van der Waals surface area contributed by atoms with Crippen molar-refractivity contribution in [3.8, 4) is 16.9 Å². The fraction of sp³-hybridized carbons (Fsp3) is 0.400. The summed E-state index contributed by atoms with van der Waals surface area (Å²) in [5, 5.41) is 4.67. The fourth-order valence-electron chi connectivity index (χ4n) is 2.65. The van der Waals surface area contributed by atoms with Crippen LogP contribution in [0, 0.1) is 13.8 Å². The molecule has 19 heavy (non-hydrogen) atoms. The normalized spacial score (nSPS) is 17.4. The van der Waals surface area contributed by atoms with Gasteiger partial charge in [0.05, 0.1) is 10.7 Å². The molecule has 3 nitrogen and oxygen atoms in total. The molecule has 2 aromatic rings. The summed E-state index contributed by atoms with van der Waals surface area (Å²) < 4.78 is 11.1. The fourth-order valence-corrected chi connectivity index (χ4v) is 2.94. The van der Waals surface area contributed by atoms with Gasteiger partial charge in [0.15, 0.2) is 0 Å². The molecular formula is C15H16ClNO2. The summed E-state index contributed by atoms with van der Waals surface area (Å²) in [7, 11) is 0. The highest BCUT2D eigenvalue weighted by atomic mass is 35.5. The van der Waals surface area contributed by atoms with Crippen molar-refractivity contribution < 1.29 is 9.26 Å². The first-order valence-corrected chi connectivity index (χ1v) is 6.90. The van der Waals surface area contributed by atoms with Crippen LogP contribution >= 0.6 is 11.6 Å². The van der Waals surface area contributed by atoms with Crippen LogP contribution in [0.3, 0.4) is 0 Å². The molecule has 0 saturated heterocycles. The molecule has 3 rings (SSSR count). The van der Waals surface area contributed by atoms with Gasteiger partial charge in [-0.1, -0.05) is 23.7 Å². The Kier molecular flexibility index (Phi) is 3.02. The lowest BCUT2D eigenvalue weighted by atomic mass is 9.99. The third-order valence-corrected chi connectivity index (χ3v) is 3.91. The monoisotopic (exact) mass is 277 g/mol. The van der Waals surface area contributed by atoms with E-state index in [9.17, 15) is 0 Å². The van der Waals surface area contributed by atoms with Crippen LogP contribution in [-0.4, -0.2) is 11.3 Å². The Morgan fingerprint density at radius 2 is 2.16 bits per heavy atom. The molecular weight excluding hydrogens is 262 g/mol. The number of benzene rings is 1. The maximum atomic E-state index is 6.34. The molecule has 0 fully saturated rings. The summed E-state index contributed by atoms with van der Waals surface area (Å²) in [5.41, 5.74) is 4.15. The Morgan fingerprint density at radius 3 is 2.79 bits per heavy atom. The second-order valence-electron chi connectivity index (χ2n) is 5.00. The number of rotatable bonds is 2. The van der Waals surface area contributed by atoms with Crippen molar-refractivity contribution in [3.63, 3.8) is 0 Å². The number of halogens is 1. The molecule has 1 aliphatic heterocycles. The van der Waals surface area contributed by atoms with E-state index in [-0.39, 0.29) is 6.10 Å². The summed E-state index contributed by atoms with van der Waals surface area (Å²) in [6.45, 7) is 5.99. The summed E-state index contributed by atoms with van der Waals surface area (Å²) in [4.78, 5) is 0. The van der Waals surface area contributed by atoms with Gasteiger partial charge in [-0.25, -0.2) is 0 Å². The Hall–Kier alpha value is -1.48. The lowest BCUT2D eigenvalue weighted by molar-refractivity contribution is 0.228. The van der Waals surface area contributed by atoms with Crippen LogP contribution in [0.5, 0.6) is 5.75 Å². The molecule has 1 aliphatic rings. The average molecular weight is 278 g/mol. The van der Waals surface area contributed by atoms with E-state index in [1.165, 1.54) is 5.56 Å². The molecule has 1 aromatic heterocycles. The maximum Gasteiger partial charge on any atom is 0.141 e. The van der Waals surface area contributed by atoms with E-state index in [4.69, 9.17) is 20.9 Å². The van der Waals surface area contributed by atoms with Gasteiger partial charge in [0.1, 0.15) is 17.6 Å². The molecule has 1 atom stereocenters. The van der Waals surface area contributed by atoms with E-state index in [0.29, 0.717) is 5.02 Å². The quantitative estimate of drug-likeness (QED) is 0.820. The molecule has 0 N–H and O–H groups in total. The smallest absolute Gasteiger partial charge is 0.141 e. The van der Waals surface area contributed by atoms with Gasteiger partial charge in [0.2, 0.25) is 0 Å². The third kappa shape index (κ3) is 2.02. The number of nitrogens with zero attached hydrogens (tertiary/aromatic N) is 1. The lowest BCUT2D eigenvalue weighted by Gasteiger charge is -2.08. The van der Waals surface area contributed by atoms with Gasteiger partial charge < -0.3 is 9.26 Å². The highest BCUT2D eigenvalue weighted by Crippen LogP contribution is 2.41. The van der Waals surface area contributed by atoms with Crippen molar-refractivity contribution >= 4 is 11.6 Å². The minimum Gasteiger partial charge on any atom is -0.488 e. The Bertz CT molecular complexity index is 614. The summed E-state index contributed by atoms with van der Waals surface area (Å²) in [5.74, 6) is 1.66. The van der Waals surface area contributed by atoms with Crippen molar-refractivity contribution in [1.29, 1.82) is 0 Å². The highest BCUT2D eigenvalue weighted by molar-refractivity contribution is 6.32. The van der Waals surface area contributed by atoms with Crippen molar-refractivity contribution in [2.45, 2.75) is 39.7 Å². The Balaban J connectivity index is 2.10. The predicted molar refractivity (Wildman–Crippen MR) is 74.8 cm³/mol. The zero-order valence-electron chi connectivity index (χ0n) is 11.3. The zero-order chi connectivity index (χ0) is 13.6. The minimum atomic E-state index is 0.243. The maximum absolute atomic E-state index is 6.34. The first-order valence-electron chi connectivity index (χ1n) is 6.52. The lowest BCUT2D eigenvalue weighted by Crippen LogP contribution is -2.10. The van der Waals surface area contributed by atoms with Gasteiger partial charge in [0, 0.05) is 12.0 Å². The second kappa shape index (κ2) is 4.57. The number of fused-ring (bicyclic) bond motifs is 1. The van der Waals surface area contributed by atoms with E-state index < -0.39 is 0 Å². The summed E-state index contributed by atoms with van der Waals surface area (Å²) in [6.07, 6.45) is 2.15. The van der Waals surface area contributed by atoms with Crippen molar-refractivity contribution in [1.82, 2.24) is 5.16 Å². The van der Waals surface area contributed by atoms with E-state index in [2.05, 4.69) is 18.1 Å². The van der Waals surface area contributed by atoms with E-state index in [1.807, 2.05) is 19.9 Å². The van der Waals surface area contributed by atoms with Gasteiger partial charge >= 0.3 is 0 Å². The van der Waals surface area contributed by atoms with Gasteiger partial charge in [0.25, 0.3) is 0 Å². The van der Waals surface area contributed by atoms with Gasteiger partial charge in [-0.2, -0.15) is 0 Å². The van der Waals surface area contributed by atoms with Crippen LogP contribution < -0.4 is 4.74 Å². The molecule has 2 heterocycles. The van der Waals surface area contributed by atoms with Crippen LogP contribution in [0.2, 0.25) is 5.02 Å². The van der Waals surface area contributed by atoms with Crippen molar-refractivity contribution in [3.05, 3.63) is 34.2 Å². The van der Waals surface area contributed by atoms with Gasteiger partial charge in [-0.15, -0.1) is 0 Å². The molecule has 0 aliphatic carbocycles. The van der Waals surface area contributed by atoms with E-state index in [0.717, 1.165) is 41.2 Å². The molecule has 1 aromatic carbocycles. The molecule has 0 bridgehead atoms. The number of hydrogen-bond donors (Lipinski definition) is 0. The third-order valence-electron chi connectivity index (χ3n) is 3.63. The molecule has 0 amide bonds. The van der Waals surface area contributed by atoms with Gasteiger partial charge in [-0.3, -0.25) is 0 Å². The number of aryl methyl sites for hydroxylation is 2. The molecule has 0 saturated carbocycles. The van der Waals surface area contributed by atoms with Crippen LogP contribution in [0.1, 0.15) is 30.4 Å². The van der Waals surface area contributed by atoms with Crippen LogP contribution in [0.4, 0.5) is 0 Å². The Morgan fingerprint density at radius 1 is 1.37 bits per heavy atom. The number of ether oxygens (including phenoxy) is 1. The zero-order valence-corrected chi connectivity index (χ0v) is 12.0. The number of hydrogen-bond acceptors (Lipinski definition) is 3. The topological polar surface area (TPSA) is 35.3 Å². The molecule has 4 heteroatoms. The van der Waals surface area contributed by atoms with Crippen LogP contribution in [0.15, 0.2) is 16.7 Å². The average Bonchev–Trinajstić information content (AvgIpc) is 2.93. The summed E-state index contributed by atoms with van der Waals surface area (Å²) >= 11 is 6.34. The van der Waals surface area contributed by atoms with Crippen LogP contribution in [0.25, 0.3) is 11.1 Å². The largest absolute Gasteiger partial charge is 0.488 e. The van der Waals surface area contributed by atoms with Gasteiger partial charge in [-0.05, 0) is 43.5 Å². The minimum absolute atomic E-state index is 0.243. The first kappa shape index (κ1) is 12.5. The standard InChI is InChI=1S/C15H16ClNO2/c1-4-12-6-11-5-10(7-13(16)15(11)18-12)14-8(2)17-19-9(14)3/h5,7,12H,4,6H2,1-3H3.